The van der Waals surface area contributed by atoms with Crippen molar-refractivity contribution < 1.29 is 15.3 Å². The number of aliphatic hydroxyl groups excluding tert-OH is 1. The van der Waals surface area contributed by atoms with Crippen LogP contribution in [0, 0.1) is 46.8 Å². The molecule has 3 heteroatoms. The molecule has 3 nitrogen and oxygen atoms in total. The lowest BCUT2D eigenvalue weighted by molar-refractivity contribution is -0.360. The van der Waals surface area contributed by atoms with Gasteiger partial charge in [-0.3, -0.25) is 5.26 Å². The average molecular weight is 431 g/mol. The standard InChI is InChI=1S/C28H46O3/c1-6-20(18(2)3)8-7-19(4)22-9-10-24-23(22)11-12-26-25(24)14-16-28(31-30)17-21(29)13-15-27(26,28)5/h14,16,19-26,29-30H,2,6-13,15,17H2,1,3-5H3/t19-,20+,21+,22-,23-,24-,25+,26+,27-,28-/m1/s1. The molecule has 0 amide bonds. The van der Waals surface area contributed by atoms with Gasteiger partial charge in [0.2, 0.25) is 0 Å². The van der Waals surface area contributed by atoms with Gasteiger partial charge >= 0.3 is 0 Å². The van der Waals surface area contributed by atoms with E-state index in [-0.39, 0.29) is 11.5 Å². The van der Waals surface area contributed by atoms with Crippen LogP contribution in [0.15, 0.2) is 24.3 Å². The van der Waals surface area contributed by atoms with Crippen molar-refractivity contribution in [3.63, 3.8) is 0 Å². The second-order valence-electron chi connectivity index (χ2n) is 12.0. The Labute approximate surface area is 190 Å². The van der Waals surface area contributed by atoms with Gasteiger partial charge in [-0.25, -0.2) is 4.89 Å². The Morgan fingerprint density at radius 3 is 2.58 bits per heavy atom. The molecule has 4 aliphatic carbocycles. The molecular formula is C28H46O3. The molecular weight excluding hydrogens is 384 g/mol. The molecule has 0 aromatic rings. The molecule has 3 fully saturated rings. The number of hydrogen-bond donors (Lipinski definition) is 2. The molecule has 0 heterocycles. The van der Waals surface area contributed by atoms with Crippen molar-refractivity contribution in [3.8, 4) is 0 Å². The predicted octanol–water partition coefficient (Wildman–Crippen LogP) is 7.02. The SMILES string of the molecule is C=C(C)[C@@H](CC)CC[C@@H](C)[C@H]1CC[C@H]2[C@@H]3C=C[C@@]4(OO)C[C@@H](O)CC[C@]4(C)[C@H]3CC[C@@H]21. The van der Waals surface area contributed by atoms with E-state index in [1.165, 1.54) is 50.5 Å². The predicted molar refractivity (Wildman–Crippen MR) is 126 cm³/mol. The van der Waals surface area contributed by atoms with Crippen molar-refractivity contribution in [3.05, 3.63) is 24.3 Å². The maximum Gasteiger partial charge on any atom is 0.129 e. The lowest BCUT2D eigenvalue weighted by Crippen LogP contribution is -2.60. The maximum atomic E-state index is 10.3. The maximum absolute atomic E-state index is 10.3. The number of aliphatic hydroxyl groups is 1. The van der Waals surface area contributed by atoms with Gasteiger partial charge in [0.25, 0.3) is 0 Å². The van der Waals surface area contributed by atoms with E-state index in [0.717, 1.165) is 36.5 Å². The summed E-state index contributed by atoms with van der Waals surface area (Å²) in [6.45, 7) is 13.6. The molecule has 4 rings (SSSR count). The Kier molecular flexibility index (Phi) is 6.79. The smallest absolute Gasteiger partial charge is 0.129 e. The van der Waals surface area contributed by atoms with E-state index >= 15 is 0 Å². The Hall–Kier alpha value is -0.640. The number of hydrogen-bond acceptors (Lipinski definition) is 3. The van der Waals surface area contributed by atoms with Gasteiger partial charge in [0.1, 0.15) is 5.60 Å². The topological polar surface area (TPSA) is 49.7 Å². The lowest BCUT2D eigenvalue weighted by Gasteiger charge is -2.60. The highest BCUT2D eigenvalue weighted by atomic mass is 17.1. The summed E-state index contributed by atoms with van der Waals surface area (Å²) in [6.07, 6.45) is 15.6. The highest BCUT2D eigenvalue weighted by Crippen LogP contribution is 2.64. The Morgan fingerprint density at radius 2 is 1.90 bits per heavy atom. The molecule has 0 aromatic carbocycles. The number of fused-ring (bicyclic) bond motifs is 5. The normalized spacial score (nSPS) is 46.0. The Balaban J connectivity index is 1.48. The van der Waals surface area contributed by atoms with Gasteiger partial charge in [-0.15, -0.1) is 0 Å². The molecule has 0 aromatic heterocycles. The molecule has 2 N–H and O–H groups in total. The molecule has 0 unspecified atom stereocenters. The summed E-state index contributed by atoms with van der Waals surface area (Å²) < 4.78 is 0. The van der Waals surface area contributed by atoms with E-state index in [4.69, 9.17) is 4.89 Å². The Bertz CT molecular complexity index is 686. The molecule has 0 bridgehead atoms. The van der Waals surface area contributed by atoms with Gasteiger partial charge in [-0.05, 0) is 106 Å². The summed E-state index contributed by atoms with van der Waals surface area (Å²) >= 11 is 0. The first kappa shape index (κ1) is 23.5. The van der Waals surface area contributed by atoms with Crippen LogP contribution < -0.4 is 0 Å². The van der Waals surface area contributed by atoms with E-state index in [1.54, 1.807) is 0 Å². The fraction of sp³-hybridized carbons (Fsp3) is 0.857. The van der Waals surface area contributed by atoms with Crippen LogP contribution in [-0.4, -0.2) is 22.1 Å². The lowest BCUT2D eigenvalue weighted by atomic mass is 9.47. The van der Waals surface area contributed by atoms with Crippen molar-refractivity contribution in [1.82, 2.24) is 0 Å². The molecule has 0 saturated heterocycles. The summed E-state index contributed by atoms with van der Waals surface area (Å²) in [4.78, 5) is 5.21. The minimum atomic E-state index is -0.707. The fourth-order valence-corrected chi connectivity index (χ4v) is 8.66. The van der Waals surface area contributed by atoms with Gasteiger partial charge in [-0.1, -0.05) is 45.1 Å². The number of rotatable bonds is 7. The average Bonchev–Trinajstić information content (AvgIpc) is 3.19. The van der Waals surface area contributed by atoms with Crippen molar-refractivity contribution in [2.24, 2.45) is 46.8 Å². The summed E-state index contributed by atoms with van der Waals surface area (Å²) in [7, 11) is 0. The highest BCUT2D eigenvalue weighted by molar-refractivity contribution is 5.24. The first-order valence-corrected chi connectivity index (χ1v) is 13.1. The minimum Gasteiger partial charge on any atom is -0.393 e. The van der Waals surface area contributed by atoms with Gasteiger partial charge < -0.3 is 5.11 Å². The van der Waals surface area contributed by atoms with Crippen molar-refractivity contribution in [2.45, 2.75) is 104 Å². The van der Waals surface area contributed by atoms with Gasteiger partial charge in [0.15, 0.2) is 0 Å². The first-order chi connectivity index (χ1) is 14.8. The van der Waals surface area contributed by atoms with Crippen LogP contribution in [-0.2, 0) is 4.89 Å². The third kappa shape index (κ3) is 3.87. The third-order valence-electron chi connectivity index (χ3n) is 10.7. The van der Waals surface area contributed by atoms with E-state index in [9.17, 15) is 10.4 Å². The van der Waals surface area contributed by atoms with E-state index in [2.05, 4.69) is 46.4 Å². The molecule has 0 aliphatic heterocycles. The van der Waals surface area contributed by atoms with E-state index in [0.29, 0.717) is 24.2 Å². The first-order valence-electron chi connectivity index (χ1n) is 13.1. The van der Waals surface area contributed by atoms with Crippen molar-refractivity contribution >= 4 is 0 Å². The second-order valence-corrected chi connectivity index (χ2v) is 12.0. The molecule has 10 atom stereocenters. The molecule has 4 aliphatic rings. The van der Waals surface area contributed by atoms with Crippen molar-refractivity contribution in [2.75, 3.05) is 0 Å². The zero-order valence-electron chi connectivity index (χ0n) is 20.4. The minimum absolute atomic E-state index is 0.0785. The molecule has 176 valence electrons. The van der Waals surface area contributed by atoms with Crippen molar-refractivity contribution in [1.29, 1.82) is 0 Å². The summed E-state index contributed by atoms with van der Waals surface area (Å²) in [5.74, 6) is 5.15. The van der Waals surface area contributed by atoms with Crippen LogP contribution in [0.25, 0.3) is 0 Å². The van der Waals surface area contributed by atoms with Crippen LogP contribution in [0.2, 0.25) is 0 Å². The monoisotopic (exact) mass is 430 g/mol. The van der Waals surface area contributed by atoms with Gasteiger partial charge in [0, 0.05) is 11.8 Å². The molecule has 0 radical (unpaired) electrons. The van der Waals surface area contributed by atoms with E-state index < -0.39 is 5.60 Å². The summed E-state index contributed by atoms with van der Waals surface area (Å²) in [6, 6.07) is 0. The van der Waals surface area contributed by atoms with Crippen LogP contribution >= 0.6 is 0 Å². The van der Waals surface area contributed by atoms with Gasteiger partial charge in [-0.2, -0.15) is 0 Å². The summed E-state index contributed by atoms with van der Waals surface area (Å²) in [5.41, 5.74) is 0.569. The van der Waals surface area contributed by atoms with Crippen LogP contribution in [0.1, 0.15) is 91.9 Å². The second kappa shape index (κ2) is 8.95. The van der Waals surface area contributed by atoms with Crippen LogP contribution in [0.5, 0.6) is 0 Å². The largest absolute Gasteiger partial charge is 0.393 e. The quantitative estimate of drug-likeness (QED) is 0.259. The molecule has 0 spiro atoms. The molecule has 3 saturated carbocycles. The van der Waals surface area contributed by atoms with Gasteiger partial charge in [0.05, 0.1) is 6.10 Å². The van der Waals surface area contributed by atoms with E-state index in [1.807, 2.05) is 0 Å². The summed E-state index contributed by atoms with van der Waals surface area (Å²) in [5, 5.41) is 20.3. The molecule has 31 heavy (non-hydrogen) atoms. The highest BCUT2D eigenvalue weighted by Gasteiger charge is 2.62. The Morgan fingerprint density at radius 1 is 1.16 bits per heavy atom. The van der Waals surface area contributed by atoms with Crippen LogP contribution in [0.3, 0.4) is 0 Å². The van der Waals surface area contributed by atoms with Crippen LogP contribution in [0.4, 0.5) is 0 Å². The zero-order valence-corrected chi connectivity index (χ0v) is 20.4. The fourth-order valence-electron chi connectivity index (χ4n) is 8.66. The number of allylic oxidation sites excluding steroid dienone is 2. The third-order valence-corrected chi connectivity index (χ3v) is 10.7. The zero-order chi connectivity index (χ0) is 22.4.